The maximum absolute atomic E-state index is 13.1. The molecule has 2 N–H and O–H groups in total. The fourth-order valence-corrected chi connectivity index (χ4v) is 3.00. The Bertz CT molecular complexity index is 967. The lowest BCUT2D eigenvalue weighted by Gasteiger charge is -2.12. The fraction of sp³-hybridized carbons (Fsp3) is 0.238. The molecule has 2 aromatic carbocycles. The van der Waals surface area contributed by atoms with Crippen molar-refractivity contribution >= 4 is 5.91 Å². The average molecular weight is 385 g/mol. The molecule has 0 fully saturated rings. The van der Waals surface area contributed by atoms with Gasteiger partial charge in [0.1, 0.15) is 11.6 Å². The monoisotopic (exact) mass is 385 g/mol. The molecule has 0 aliphatic heterocycles. The predicted molar refractivity (Wildman–Crippen MR) is 101 cm³/mol. The van der Waals surface area contributed by atoms with Crippen LogP contribution in [0.25, 0.3) is 5.69 Å². The Balaban J connectivity index is 1.65. The lowest BCUT2D eigenvalue weighted by molar-refractivity contribution is -0.120. The van der Waals surface area contributed by atoms with Crippen molar-refractivity contribution in [3.63, 3.8) is 0 Å². The van der Waals surface area contributed by atoms with Crippen LogP contribution in [0.15, 0.2) is 48.5 Å². The Morgan fingerprint density at radius 3 is 2.25 bits per heavy atom. The number of aliphatic hydroxyl groups excluding tert-OH is 1. The Hall–Kier alpha value is -3.06. The van der Waals surface area contributed by atoms with Crippen LogP contribution in [0.4, 0.5) is 8.78 Å². The standard InChI is InChI=1S/C21H21F2N3O2/c1-13-19(14(2)26(25-13)18-9-7-17(23)8-10-18)11-21(28)24-12-20(27)15-3-5-16(22)6-4-15/h3-10,20,27H,11-12H2,1-2H3,(H,24,28). The number of carbonyl (C=O) groups excluding carboxylic acids is 1. The topological polar surface area (TPSA) is 67.2 Å². The highest BCUT2D eigenvalue weighted by Crippen LogP contribution is 2.19. The van der Waals surface area contributed by atoms with E-state index in [2.05, 4.69) is 10.4 Å². The van der Waals surface area contributed by atoms with Crippen molar-refractivity contribution in [3.8, 4) is 5.69 Å². The normalized spacial score (nSPS) is 12.0. The molecule has 7 heteroatoms. The van der Waals surface area contributed by atoms with Crippen LogP contribution < -0.4 is 5.32 Å². The third kappa shape index (κ3) is 4.43. The third-order valence-electron chi connectivity index (χ3n) is 4.60. The Morgan fingerprint density at radius 1 is 1.07 bits per heavy atom. The number of aliphatic hydroxyl groups is 1. The summed E-state index contributed by atoms with van der Waals surface area (Å²) < 4.78 is 27.8. The lowest BCUT2D eigenvalue weighted by atomic mass is 10.1. The first-order valence-corrected chi connectivity index (χ1v) is 8.86. The first kappa shape index (κ1) is 19.7. The molecule has 0 spiro atoms. The lowest BCUT2D eigenvalue weighted by Crippen LogP contribution is -2.30. The number of aryl methyl sites for hydroxylation is 1. The maximum atomic E-state index is 13.1. The van der Waals surface area contributed by atoms with E-state index in [-0.39, 0.29) is 30.5 Å². The summed E-state index contributed by atoms with van der Waals surface area (Å²) in [6.45, 7) is 3.68. The van der Waals surface area contributed by atoms with E-state index < -0.39 is 6.10 Å². The number of hydrogen-bond acceptors (Lipinski definition) is 3. The van der Waals surface area contributed by atoms with Crippen molar-refractivity contribution in [1.29, 1.82) is 0 Å². The molecule has 1 aromatic heterocycles. The largest absolute Gasteiger partial charge is 0.387 e. The van der Waals surface area contributed by atoms with Gasteiger partial charge in [0.15, 0.2) is 0 Å². The van der Waals surface area contributed by atoms with E-state index in [1.54, 1.807) is 16.8 Å². The van der Waals surface area contributed by atoms with Crippen molar-refractivity contribution < 1.29 is 18.7 Å². The molecule has 146 valence electrons. The summed E-state index contributed by atoms with van der Waals surface area (Å²) in [6, 6.07) is 11.4. The van der Waals surface area contributed by atoms with Crippen molar-refractivity contribution in [2.75, 3.05) is 6.54 Å². The van der Waals surface area contributed by atoms with Crippen LogP contribution in [0.2, 0.25) is 0 Å². The molecule has 1 amide bonds. The van der Waals surface area contributed by atoms with Gasteiger partial charge in [0.05, 0.1) is 23.9 Å². The summed E-state index contributed by atoms with van der Waals surface area (Å²) in [7, 11) is 0. The van der Waals surface area contributed by atoms with Gasteiger partial charge in [0, 0.05) is 17.8 Å². The average Bonchev–Trinajstić information content (AvgIpc) is 2.95. The van der Waals surface area contributed by atoms with E-state index in [4.69, 9.17) is 0 Å². The number of nitrogens with zero attached hydrogens (tertiary/aromatic N) is 2. The zero-order valence-corrected chi connectivity index (χ0v) is 15.6. The molecule has 0 saturated carbocycles. The van der Waals surface area contributed by atoms with Crippen LogP contribution in [0.5, 0.6) is 0 Å². The highest BCUT2D eigenvalue weighted by molar-refractivity contribution is 5.79. The molecule has 28 heavy (non-hydrogen) atoms. The van der Waals surface area contributed by atoms with Crippen LogP contribution >= 0.6 is 0 Å². The van der Waals surface area contributed by atoms with Crippen LogP contribution in [0.1, 0.15) is 28.6 Å². The SMILES string of the molecule is Cc1nn(-c2ccc(F)cc2)c(C)c1CC(=O)NCC(O)c1ccc(F)cc1. The zero-order chi connectivity index (χ0) is 20.3. The number of hydrogen-bond donors (Lipinski definition) is 2. The Labute approximate surface area is 161 Å². The molecule has 0 radical (unpaired) electrons. The summed E-state index contributed by atoms with van der Waals surface area (Å²) in [4.78, 5) is 12.3. The van der Waals surface area contributed by atoms with E-state index in [1.807, 2.05) is 13.8 Å². The first-order chi connectivity index (χ1) is 13.3. The third-order valence-corrected chi connectivity index (χ3v) is 4.60. The van der Waals surface area contributed by atoms with Gasteiger partial charge in [-0.25, -0.2) is 13.5 Å². The predicted octanol–water partition coefficient (Wildman–Crippen LogP) is 3.16. The minimum absolute atomic E-state index is 0.0225. The molecule has 1 unspecified atom stereocenters. The number of aromatic nitrogens is 2. The molecule has 1 atom stereocenters. The number of carbonyl (C=O) groups is 1. The van der Waals surface area contributed by atoms with Crippen LogP contribution in [-0.2, 0) is 11.2 Å². The quantitative estimate of drug-likeness (QED) is 0.685. The van der Waals surface area contributed by atoms with Gasteiger partial charge in [0.2, 0.25) is 5.91 Å². The Kier molecular flexibility index (Phi) is 5.84. The van der Waals surface area contributed by atoms with Gasteiger partial charge in [0.25, 0.3) is 0 Å². The molecular weight excluding hydrogens is 364 g/mol. The Morgan fingerprint density at radius 2 is 1.64 bits per heavy atom. The van der Waals surface area contributed by atoms with Gasteiger partial charge in [-0.3, -0.25) is 4.79 Å². The van der Waals surface area contributed by atoms with Crippen LogP contribution in [0, 0.1) is 25.5 Å². The van der Waals surface area contributed by atoms with E-state index in [9.17, 15) is 18.7 Å². The minimum atomic E-state index is -0.923. The maximum Gasteiger partial charge on any atom is 0.224 e. The second-order valence-corrected chi connectivity index (χ2v) is 6.59. The molecule has 1 heterocycles. The van der Waals surface area contributed by atoms with Gasteiger partial charge < -0.3 is 10.4 Å². The molecule has 0 bridgehead atoms. The minimum Gasteiger partial charge on any atom is -0.387 e. The summed E-state index contributed by atoms with van der Waals surface area (Å²) >= 11 is 0. The molecular formula is C21H21F2N3O2. The number of nitrogens with one attached hydrogen (secondary N) is 1. The molecule has 5 nitrogen and oxygen atoms in total. The molecule has 0 aliphatic carbocycles. The van der Waals surface area contributed by atoms with Gasteiger partial charge in [-0.05, 0) is 55.8 Å². The van der Waals surface area contributed by atoms with Crippen molar-refractivity contribution in [3.05, 3.63) is 82.7 Å². The summed E-state index contributed by atoms with van der Waals surface area (Å²) in [6.07, 6.45) is -0.816. The second-order valence-electron chi connectivity index (χ2n) is 6.59. The zero-order valence-electron chi connectivity index (χ0n) is 15.6. The van der Waals surface area contributed by atoms with Crippen molar-refractivity contribution in [1.82, 2.24) is 15.1 Å². The van der Waals surface area contributed by atoms with Gasteiger partial charge >= 0.3 is 0 Å². The van der Waals surface area contributed by atoms with Crippen molar-refractivity contribution in [2.45, 2.75) is 26.4 Å². The van der Waals surface area contributed by atoms with Gasteiger partial charge in [-0.15, -0.1) is 0 Å². The van der Waals surface area contributed by atoms with Crippen molar-refractivity contribution in [2.24, 2.45) is 0 Å². The number of halogens is 2. The highest BCUT2D eigenvalue weighted by atomic mass is 19.1. The van der Waals surface area contributed by atoms with Crippen LogP contribution in [0.3, 0.4) is 0 Å². The van der Waals surface area contributed by atoms with E-state index in [0.29, 0.717) is 16.9 Å². The van der Waals surface area contributed by atoms with Gasteiger partial charge in [-0.1, -0.05) is 12.1 Å². The van der Waals surface area contributed by atoms with E-state index in [1.165, 1.54) is 36.4 Å². The molecule has 3 rings (SSSR count). The summed E-state index contributed by atoms with van der Waals surface area (Å²) in [5.41, 5.74) is 3.51. The number of rotatable bonds is 6. The first-order valence-electron chi connectivity index (χ1n) is 8.86. The smallest absolute Gasteiger partial charge is 0.224 e. The van der Waals surface area contributed by atoms with E-state index >= 15 is 0 Å². The highest BCUT2D eigenvalue weighted by Gasteiger charge is 2.17. The summed E-state index contributed by atoms with van der Waals surface area (Å²) in [5, 5.41) is 17.3. The summed E-state index contributed by atoms with van der Waals surface area (Å²) in [5.74, 6) is -0.972. The van der Waals surface area contributed by atoms with E-state index in [0.717, 1.165) is 11.3 Å². The molecule has 0 saturated heterocycles. The fourth-order valence-electron chi connectivity index (χ4n) is 3.00. The molecule has 0 aliphatic rings. The number of amides is 1. The van der Waals surface area contributed by atoms with Crippen LogP contribution in [-0.4, -0.2) is 27.3 Å². The van der Waals surface area contributed by atoms with Gasteiger partial charge in [-0.2, -0.15) is 5.10 Å². The second kappa shape index (κ2) is 8.31. The molecule has 3 aromatic rings. The number of benzene rings is 2.